The van der Waals surface area contributed by atoms with Crippen LogP contribution >= 0.6 is 45.2 Å². The maximum atomic E-state index is 11.3. The van der Waals surface area contributed by atoms with Crippen molar-refractivity contribution in [2.24, 2.45) is 0 Å². The molecule has 0 unspecified atom stereocenters. The van der Waals surface area contributed by atoms with E-state index >= 15 is 0 Å². The number of nitrogens with one attached hydrogen (secondary N) is 1. The van der Waals surface area contributed by atoms with Crippen LogP contribution in [0.1, 0.15) is 18.1 Å². The van der Waals surface area contributed by atoms with Gasteiger partial charge in [-0.1, -0.05) is 18.2 Å². The molecule has 1 amide bonds. The van der Waals surface area contributed by atoms with E-state index in [-0.39, 0.29) is 5.70 Å². The Labute approximate surface area is 184 Å². The zero-order valence-corrected chi connectivity index (χ0v) is 18.9. The summed E-state index contributed by atoms with van der Waals surface area (Å²) in [4.78, 5) is 22.5. The second-order valence-electron chi connectivity index (χ2n) is 5.46. The van der Waals surface area contributed by atoms with E-state index in [4.69, 9.17) is 9.47 Å². The molecule has 0 saturated heterocycles. The molecule has 0 fully saturated rings. The van der Waals surface area contributed by atoms with E-state index in [0.29, 0.717) is 23.7 Å². The van der Waals surface area contributed by atoms with E-state index in [9.17, 15) is 14.7 Å². The second-order valence-corrected chi connectivity index (χ2v) is 7.78. The van der Waals surface area contributed by atoms with Crippen molar-refractivity contribution in [2.75, 3.05) is 7.11 Å². The molecule has 0 radical (unpaired) electrons. The van der Waals surface area contributed by atoms with Crippen molar-refractivity contribution in [1.82, 2.24) is 5.32 Å². The number of halogens is 2. The smallest absolute Gasteiger partial charge is 0.352 e. The molecule has 0 saturated carbocycles. The molecule has 6 nitrogen and oxygen atoms in total. The van der Waals surface area contributed by atoms with Gasteiger partial charge in [0.15, 0.2) is 11.5 Å². The van der Waals surface area contributed by atoms with Crippen LogP contribution in [-0.4, -0.2) is 24.1 Å². The molecule has 0 spiro atoms. The molecule has 0 aliphatic carbocycles. The van der Waals surface area contributed by atoms with Crippen molar-refractivity contribution >= 4 is 63.1 Å². The summed E-state index contributed by atoms with van der Waals surface area (Å²) < 4.78 is 13.2. The molecule has 0 aromatic heterocycles. The lowest BCUT2D eigenvalue weighted by atomic mass is 10.1. The molecule has 0 heterocycles. The molecule has 0 aliphatic heterocycles. The summed E-state index contributed by atoms with van der Waals surface area (Å²) in [5.41, 5.74) is 1.41. The van der Waals surface area contributed by atoms with Gasteiger partial charge in [-0.05, 0) is 75.0 Å². The van der Waals surface area contributed by atoms with Crippen molar-refractivity contribution < 1.29 is 24.2 Å². The van der Waals surface area contributed by atoms with Crippen LogP contribution in [0.3, 0.4) is 0 Å². The van der Waals surface area contributed by atoms with Gasteiger partial charge in [0.05, 0.1) is 10.7 Å². The van der Waals surface area contributed by atoms with Crippen LogP contribution in [0.5, 0.6) is 11.5 Å². The van der Waals surface area contributed by atoms with Gasteiger partial charge in [-0.15, -0.1) is 0 Å². The fourth-order valence-corrected chi connectivity index (χ4v) is 3.56. The monoisotopic (exact) mass is 593 g/mol. The number of carbonyl (C=O) groups excluding carboxylic acids is 1. The highest BCUT2D eigenvalue weighted by Gasteiger charge is 2.14. The first-order valence-corrected chi connectivity index (χ1v) is 9.94. The van der Waals surface area contributed by atoms with E-state index in [1.54, 1.807) is 12.1 Å². The third-order valence-corrected chi connectivity index (χ3v) is 5.29. The number of aliphatic carboxylic acids is 1. The maximum absolute atomic E-state index is 11.3. The summed E-state index contributed by atoms with van der Waals surface area (Å²) in [6.07, 6.45) is 1.37. The number of benzene rings is 2. The number of rotatable bonds is 7. The molecule has 2 N–H and O–H groups in total. The topological polar surface area (TPSA) is 84.9 Å². The fraction of sp³-hybridized carbons (Fsp3) is 0.158. The molecule has 2 aromatic carbocycles. The molecule has 0 atom stereocenters. The molecule has 27 heavy (non-hydrogen) atoms. The van der Waals surface area contributed by atoms with E-state index in [1.807, 2.05) is 24.3 Å². The number of carboxylic acids is 1. The normalized spacial score (nSPS) is 11.0. The SMILES string of the molecule is COc1cc(C=C(NC(C)=O)C(=O)O)cc(I)c1OCc1ccccc1I. The second kappa shape index (κ2) is 9.93. The first kappa shape index (κ1) is 21.5. The van der Waals surface area contributed by atoms with Crippen LogP contribution in [-0.2, 0) is 16.2 Å². The first-order valence-electron chi connectivity index (χ1n) is 7.78. The number of amides is 1. The van der Waals surface area contributed by atoms with Gasteiger partial charge < -0.3 is 19.9 Å². The Hall–Kier alpha value is -1.82. The largest absolute Gasteiger partial charge is 0.493 e. The Balaban J connectivity index is 2.32. The van der Waals surface area contributed by atoms with Crippen LogP contribution in [0, 0.1) is 7.14 Å². The summed E-state index contributed by atoms with van der Waals surface area (Å²) in [6, 6.07) is 11.3. The number of methoxy groups -OCH3 is 1. The zero-order chi connectivity index (χ0) is 20.0. The van der Waals surface area contributed by atoms with Gasteiger partial charge in [0.2, 0.25) is 5.91 Å². The number of hydrogen-bond acceptors (Lipinski definition) is 4. The van der Waals surface area contributed by atoms with E-state index in [1.165, 1.54) is 20.1 Å². The van der Waals surface area contributed by atoms with Crippen molar-refractivity contribution in [2.45, 2.75) is 13.5 Å². The number of carbonyl (C=O) groups is 2. The lowest BCUT2D eigenvalue weighted by molar-refractivity contribution is -0.134. The molecular formula is C19H17I2NO5. The van der Waals surface area contributed by atoms with Gasteiger partial charge in [0.25, 0.3) is 0 Å². The lowest BCUT2D eigenvalue weighted by Gasteiger charge is -2.14. The molecular weight excluding hydrogens is 576 g/mol. The summed E-state index contributed by atoms with van der Waals surface area (Å²) in [7, 11) is 1.52. The average Bonchev–Trinajstić information content (AvgIpc) is 2.60. The van der Waals surface area contributed by atoms with Gasteiger partial charge >= 0.3 is 5.97 Å². The van der Waals surface area contributed by atoms with E-state index in [2.05, 4.69) is 50.5 Å². The third kappa shape index (κ3) is 6.09. The molecule has 2 rings (SSSR count). The summed E-state index contributed by atoms with van der Waals surface area (Å²) in [5, 5.41) is 11.5. The highest BCUT2D eigenvalue weighted by atomic mass is 127. The third-order valence-electron chi connectivity index (χ3n) is 3.43. The minimum absolute atomic E-state index is 0.215. The highest BCUT2D eigenvalue weighted by molar-refractivity contribution is 14.1. The number of carboxylic acid groups (broad SMARTS) is 1. The molecule has 0 bridgehead atoms. The van der Waals surface area contributed by atoms with Crippen molar-refractivity contribution in [3.8, 4) is 11.5 Å². The quantitative estimate of drug-likeness (QED) is 0.374. The van der Waals surface area contributed by atoms with Crippen LogP contribution in [0.15, 0.2) is 42.1 Å². The predicted octanol–water partition coefficient (Wildman–Crippen LogP) is 4.05. The van der Waals surface area contributed by atoms with Crippen LogP contribution in [0.2, 0.25) is 0 Å². The zero-order valence-electron chi connectivity index (χ0n) is 14.6. The summed E-state index contributed by atoms with van der Waals surface area (Å²) in [5.74, 6) is -0.626. The van der Waals surface area contributed by atoms with Crippen molar-refractivity contribution in [3.63, 3.8) is 0 Å². The Bertz CT molecular complexity index is 896. The van der Waals surface area contributed by atoms with Gasteiger partial charge in [0.1, 0.15) is 12.3 Å². The van der Waals surface area contributed by atoms with Crippen LogP contribution in [0.25, 0.3) is 6.08 Å². The molecule has 0 aliphatic rings. The standard InChI is InChI=1S/C19H17I2NO5/c1-11(23)22-16(19(24)25)8-12-7-15(21)18(17(9-12)26-2)27-10-13-5-3-4-6-14(13)20/h3-9H,10H2,1-2H3,(H,22,23)(H,24,25). The summed E-state index contributed by atoms with van der Waals surface area (Å²) in [6.45, 7) is 1.63. The van der Waals surface area contributed by atoms with Crippen LogP contribution < -0.4 is 14.8 Å². The van der Waals surface area contributed by atoms with Crippen LogP contribution in [0.4, 0.5) is 0 Å². The Morgan fingerprint density at radius 3 is 2.48 bits per heavy atom. The fourth-order valence-electron chi connectivity index (χ4n) is 2.24. The average molecular weight is 593 g/mol. The first-order chi connectivity index (χ1) is 12.8. The van der Waals surface area contributed by atoms with E-state index in [0.717, 1.165) is 12.7 Å². The van der Waals surface area contributed by atoms with Crippen molar-refractivity contribution in [1.29, 1.82) is 0 Å². The van der Waals surface area contributed by atoms with Gasteiger partial charge in [-0.3, -0.25) is 4.79 Å². The van der Waals surface area contributed by atoms with Gasteiger partial charge in [-0.25, -0.2) is 4.79 Å². The lowest BCUT2D eigenvalue weighted by Crippen LogP contribution is -2.24. The number of hydrogen-bond donors (Lipinski definition) is 2. The van der Waals surface area contributed by atoms with E-state index < -0.39 is 11.9 Å². The molecule has 142 valence electrons. The summed E-state index contributed by atoms with van der Waals surface area (Å²) >= 11 is 4.36. The Morgan fingerprint density at radius 1 is 1.19 bits per heavy atom. The molecule has 8 heteroatoms. The van der Waals surface area contributed by atoms with Crippen molar-refractivity contribution in [3.05, 3.63) is 60.4 Å². The maximum Gasteiger partial charge on any atom is 0.352 e. The van der Waals surface area contributed by atoms with Gasteiger partial charge in [0, 0.05) is 16.1 Å². The minimum Gasteiger partial charge on any atom is -0.493 e. The predicted molar refractivity (Wildman–Crippen MR) is 119 cm³/mol. The van der Waals surface area contributed by atoms with Gasteiger partial charge in [-0.2, -0.15) is 0 Å². The highest BCUT2D eigenvalue weighted by Crippen LogP contribution is 2.35. The Morgan fingerprint density at radius 2 is 1.89 bits per heavy atom. The number of ether oxygens (including phenoxy) is 2. The molecule has 2 aromatic rings. The Kier molecular flexibility index (Phi) is 7.90. The minimum atomic E-state index is -1.22.